The van der Waals surface area contributed by atoms with E-state index >= 15 is 0 Å². The number of benzene rings is 1. The van der Waals surface area contributed by atoms with E-state index in [1.165, 1.54) is 6.20 Å². The van der Waals surface area contributed by atoms with Crippen molar-refractivity contribution in [2.75, 3.05) is 11.9 Å². The molecule has 0 spiro atoms. The van der Waals surface area contributed by atoms with Crippen molar-refractivity contribution < 1.29 is 17.6 Å². The molecule has 0 fully saturated rings. The summed E-state index contributed by atoms with van der Waals surface area (Å²) in [6.07, 6.45) is 2.53. The van der Waals surface area contributed by atoms with E-state index in [-0.39, 0.29) is 17.1 Å². The monoisotopic (exact) mass is 435 g/mol. The van der Waals surface area contributed by atoms with E-state index in [0.717, 1.165) is 35.7 Å². The van der Waals surface area contributed by atoms with Crippen molar-refractivity contribution in [3.05, 3.63) is 70.5 Å². The van der Waals surface area contributed by atoms with E-state index in [9.17, 15) is 22.4 Å². The van der Waals surface area contributed by atoms with Crippen molar-refractivity contribution in [1.82, 2.24) is 29.1 Å². The highest BCUT2D eigenvalue weighted by molar-refractivity contribution is 5.71. The van der Waals surface area contributed by atoms with Gasteiger partial charge in [-0.2, -0.15) is 18.2 Å². The molecule has 0 unspecified atom stereocenters. The van der Waals surface area contributed by atoms with Crippen molar-refractivity contribution in [3.63, 3.8) is 0 Å². The van der Waals surface area contributed by atoms with Gasteiger partial charge in [0.05, 0.1) is 24.6 Å². The van der Waals surface area contributed by atoms with Crippen LogP contribution in [0.2, 0.25) is 0 Å². The average Bonchev–Trinajstić information content (AvgIpc) is 3.34. The van der Waals surface area contributed by atoms with Crippen LogP contribution in [0.4, 0.5) is 23.5 Å². The summed E-state index contributed by atoms with van der Waals surface area (Å²) in [5, 5.41) is 3.01. The second-order valence-corrected chi connectivity index (χ2v) is 6.79. The minimum Gasteiger partial charge on any atom is -0.354 e. The summed E-state index contributed by atoms with van der Waals surface area (Å²) in [4.78, 5) is 27.1. The highest BCUT2D eigenvalue weighted by Gasteiger charge is 2.34. The number of hydrogen-bond acceptors (Lipinski definition) is 5. The van der Waals surface area contributed by atoms with Crippen molar-refractivity contribution in [2.24, 2.45) is 0 Å². The van der Waals surface area contributed by atoms with Gasteiger partial charge < -0.3 is 14.9 Å². The third-order valence-electron chi connectivity index (χ3n) is 4.69. The summed E-state index contributed by atoms with van der Waals surface area (Å²) in [7, 11) is 0. The number of nitrogens with one attached hydrogen (secondary N) is 2. The molecule has 0 bridgehead atoms. The van der Waals surface area contributed by atoms with Crippen LogP contribution >= 0.6 is 0 Å². The number of imidazole rings is 2. The number of aromatic nitrogens is 6. The first-order valence-electron chi connectivity index (χ1n) is 9.32. The van der Waals surface area contributed by atoms with E-state index in [0.29, 0.717) is 6.54 Å². The van der Waals surface area contributed by atoms with Crippen LogP contribution in [0.5, 0.6) is 0 Å². The first-order chi connectivity index (χ1) is 14.8. The number of fused-ring (bicyclic) bond motifs is 1. The molecule has 31 heavy (non-hydrogen) atoms. The minimum absolute atomic E-state index is 0.0773. The Morgan fingerprint density at radius 3 is 2.81 bits per heavy atom. The summed E-state index contributed by atoms with van der Waals surface area (Å²) in [6, 6.07) is 2.68. The Hall–Kier alpha value is -3.70. The van der Waals surface area contributed by atoms with Crippen LogP contribution in [0.15, 0.2) is 47.9 Å². The Morgan fingerprint density at radius 2 is 2.06 bits per heavy atom. The molecule has 3 aromatic heterocycles. The van der Waals surface area contributed by atoms with Crippen LogP contribution in [0, 0.1) is 5.82 Å². The topological polar surface area (TPSA) is 93.4 Å². The lowest BCUT2D eigenvalue weighted by Crippen LogP contribution is -2.21. The molecule has 0 aliphatic heterocycles. The maximum atomic E-state index is 14.2. The predicted molar refractivity (Wildman–Crippen MR) is 104 cm³/mol. The SMILES string of the molecule is O=c1[nH]c2cnc(NCCCn3ccnc3)nc2n1Cc1c(F)cccc1C(F)(F)F. The van der Waals surface area contributed by atoms with Gasteiger partial charge in [-0.25, -0.2) is 19.2 Å². The number of nitrogens with zero attached hydrogens (tertiary/aromatic N) is 5. The van der Waals surface area contributed by atoms with Crippen LogP contribution in [0.25, 0.3) is 11.2 Å². The predicted octanol–water partition coefficient (Wildman–Crippen LogP) is 3.02. The first-order valence-corrected chi connectivity index (χ1v) is 9.32. The fourth-order valence-corrected chi connectivity index (χ4v) is 3.20. The van der Waals surface area contributed by atoms with E-state index in [4.69, 9.17) is 0 Å². The number of alkyl halides is 3. The van der Waals surface area contributed by atoms with E-state index in [1.807, 2.05) is 10.8 Å². The van der Waals surface area contributed by atoms with Crippen molar-refractivity contribution in [2.45, 2.75) is 25.7 Å². The second-order valence-electron chi connectivity index (χ2n) is 6.79. The summed E-state index contributed by atoms with van der Waals surface area (Å²) in [5.74, 6) is -0.849. The molecular formula is C19H17F4N7O. The average molecular weight is 435 g/mol. The zero-order valence-electron chi connectivity index (χ0n) is 16.0. The molecule has 0 aliphatic carbocycles. The van der Waals surface area contributed by atoms with Gasteiger partial charge in [-0.05, 0) is 18.6 Å². The highest BCUT2D eigenvalue weighted by Crippen LogP contribution is 2.33. The van der Waals surface area contributed by atoms with Gasteiger partial charge in [-0.15, -0.1) is 0 Å². The standard InChI is InChI=1S/C19H17F4N7O/c20-14-4-1-3-13(19(21,22)23)12(14)10-30-16-15(27-18(30)31)9-26-17(28-16)25-5-2-7-29-8-6-24-11-29/h1,3-4,6,8-9,11H,2,5,7,10H2,(H,27,31)(H,25,26,28). The molecule has 162 valence electrons. The Morgan fingerprint density at radius 1 is 1.23 bits per heavy atom. The number of aromatic amines is 1. The second kappa shape index (κ2) is 8.20. The Bertz CT molecular complexity index is 1240. The third-order valence-corrected chi connectivity index (χ3v) is 4.69. The normalized spacial score (nSPS) is 11.9. The molecule has 0 atom stereocenters. The summed E-state index contributed by atoms with van der Waals surface area (Å²) in [6.45, 7) is 0.610. The number of halogens is 4. The summed E-state index contributed by atoms with van der Waals surface area (Å²) < 4.78 is 57.0. The zero-order valence-corrected chi connectivity index (χ0v) is 16.0. The Kier molecular flexibility index (Phi) is 5.44. The molecule has 0 saturated heterocycles. The van der Waals surface area contributed by atoms with Crippen molar-refractivity contribution >= 4 is 17.1 Å². The smallest absolute Gasteiger partial charge is 0.354 e. The van der Waals surface area contributed by atoms with Gasteiger partial charge in [-0.3, -0.25) is 4.57 Å². The molecule has 1 aromatic carbocycles. The van der Waals surface area contributed by atoms with Gasteiger partial charge in [0.25, 0.3) is 0 Å². The van der Waals surface area contributed by atoms with Gasteiger partial charge in [-0.1, -0.05) is 6.07 Å². The van der Waals surface area contributed by atoms with Gasteiger partial charge in [0, 0.05) is 31.0 Å². The van der Waals surface area contributed by atoms with Crippen molar-refractivity contribution in [1.29, 1.82) is 0 Å². The first kappa shape index (κ1) is 20.6. The van der Waals surface area contributed by atoms with Gasteiger partial charge in [0.2, 0.25) is 5.95 Å². The highest BCUT2D eigenvalue weighted by atomic mass is 19.4. The van der Waals surface area contributed by atoms with Crippen molar-refractivity contribution in [3.8, 4) is 0 Å². The fourth-order valence-electron chi connectivity index (χ4n) is 3.20. The number of rotatable bonds is 7. The zero-order chi connectivity index (χ0) is 22.0. The summed E-state index contributed by atoms with van der Waals surface area (Å²) in [5.41, 5.74) is -2.17. The lowest BCUT2D eigenvalue weighted by Gasteiger charge is -2.14. The molecule has 4 aromatic rings. The number of anilines is 1. The van der Waals surface area contributed by atoms with Gasteiger partial charge in [0.1, 0.15) is 11.3 Å². The lowest BCUT2D eigenvalue weighted by molar-refractivity contribution is -0.138. The lowest BCUT2D eigenvalue weighted by atomic mass is 10.1. The largest absolute Gasteiger partial charge is 0.416 e. The molecule has 0 radical (unpaired) electrons. The van der Waals surface area contributed by atoms with Gasteiger partial charge >= 0.3 is 11.9 Å². The molecule has 3 heterocycles. The molecule has 2 N–H and O–H groups in total. The maximum absolute atomic E-state index is 14.2. The molecule has 12 heteroatoms. The van der Waals surface area contributed by atoms with Crippen LogP contribution in [0.1, 0.15) is 17.5 Å². The van der Waals surface area contributed by atoms with Crippen LogP contribution < -0.4 is 11.0 Å². The summed E-state index contributed by atoms with van der Waals surface area (Å²) >= 11 is 0. The Labute approximate surface area is 172 Å². The van der Waals surface area contributed by atoms with E-state index < -0.39 is 35.4 Å². The quantitative estimate of drug-likeness (QED) is 0.344. The van der Waals surface area contributed by atoms with E-state index in [2.05, 4.69) is 25.3 Å². The van der Waals surface area contributed by atoms with E-state index in [1.54, 1.807) is 12.5 Å². The number of aryl methyl sites for hydroxylation is 1. The third kappa shape index (κ3) is 4.42. The van der Waals surface area contributed by atoms with Crippen LogP contribution in [-0.2, 0) is 19.3 Å². The number of hydrogen-bond donors (Lipinski definition) is 2. The molecular weight excluding hydrogens is 418 g/mol. The molecule has 4 rings (SSSR count). The molecule has 0 saturated carbocycles. The van der Waals surface area contributed by atoms with Gasteiger partial charge in [0.15, 0.2) is 5.65 Å². The van der Waals surface area contributed by atoms with Crippen LogP contribution in [0.3, 0.4) is 0 Å². The molecule has 8 nitrogen and oxygen atoms in total. The fraction of sp³-hybridized carbons (Fsp3) is 0.263. The Balaban J connectivity index is 1.58. The van der Waals surface area contributed by atoms with Crippen LogP contribution in [-0.4, -0.2) is 35.6 Å². The number of H-pyrrole nitrogens is 1. The molecule has 0 amide bonds. The maximum Gasteiger partial charge on any atom is 0.416 e. The molecule has 0 aliphatic rings. The minimum atomic E-state index is -4.76.